The van der Waals surface area contributed by atoms with Crippen LogP contribution in [0.3, 0.4) is 0 Å². The van der Waals surface area contributed by atoms with E-state index in [4.69, 9.17) is 10.9 Å². The van der Waals surface area contributed by atoms with Crippen LogP contribution in [0.1, 0.15) is 109 Å². The van der Waals surface area contributed by atoms with Crippen LogP contribution in [-0.4, -0.2) is 17.0 Å². The molecule has 3 nitrogen and oxygen atoms in total. The Morgan fingerprint density at radius 3 is 1.36 bits per heavy atom. The van der Waals surface area contributed by atoms with E-state index in [2.05, 4.69) is 60.5 Å². The number of hydrogen-bond donors (Lipinski definition) is 2. The van der Waals surface area contributed by atoms with Gasteiger partial charge in [0.1, 0.15) is 0 Å². The van der Waals surface area contributed by atoms with Gasteiger partial charge >= 0.3 is 0 Å². The highest BCUT2D eigenvalue weighted by molar-refractivity contribution is 5.85. The van der Waals surface area contributed by atoms with Crippen molar-refractivity contribution in [2.75, 3.05) is 0 Å². The summed E-state index contributed by atoms with van der Waals surface area (Å²) in [5, 5.41) is 12.1. The van der Waals surface area contributed by atoms with Crippen molar-refractivity contribution in [3.8, 4) is 0 Å². The smallest absolute Gasteiger partial charge is 0.0581 e. The van der Waals surface area contributed by atoms with E-state index >= 15 is 0 Å². The van der Waals surface area contributed by atoms with Crippen LogP contribution in [0, 0.1) is 21.7 Å². The fourth-order valence-electron chi connectivity index (χ4n) is 5.59. The summed E-state index contributed by atoms with van der Waals surface area (Å²) >= 11 is 0. The molecule has 0 saturated heterocycles. The Labute approximate surface area is 158 Å². The third kappa shape index (κ3) is 9.63. The summed E-state index contributed by atoms with van der Waals surface area (Å²) in [6.07, 6.45) is 6.78. The maximum atomic E-state index is 8.74. The van der Waals surface area contributed by atoms with Gasteiger partial charge in [0.15, 0.2) is 0 Å². The van der Waals surface area contributed by atoms with Crippen molar-refractivity contribution in [3.63, 3.8) is 0 Å². The first-order chi connectivity index (χ1) is 10.2. The van der Waals surface area contributed by atoms with Gasteiger partial charge in [0.2, 0.25) is 0 Å². The number of hydrogen-bond acceptors (Lipinski definition) is 3. The minimum absolute atomic E-state index is 0. The van der Waals surface area contributed by atoms with Crippen LogP contribution >= 0.6 is 0 Å². The molecular formula is C22H48N2O. The zero-order valence-corrected chi connectivity index (χ0v) is 16.8. The fourth-order valence-corrected chi connectivity index (χ4v) is 5.59. The first kappa shape index (κ1) is 26.7. The molecule has 0 spiro atoms. The second kappa shape index (κ2) is 8.88. The lowest BCUT2D eigenvalue weighted by Crippen LogP contribution is -2.40. The van der Waals surface area contributed by atoms with Gasteiger partial charge in [-0.2, -0.15) is 0 Å². The SMILES string of the molecule is C.C.CC1(C)CC(=NO)CC(C)(C)C1.CC1(C)CC(N)CC(C)(C)C1. The summed E-state index contributed by atoms with van der Waals surface area (Å²) in [5.74, 6) is 0. The molecule has 2 saturated carbocycles. The Hall–Kier alpha value is -0.570. The zero-order chi connectivity index (χ0) is 18.1. The Bertz CT molecular complexity index is 399. The largest absolute Gasteiger partial charge is 0.411 e. The standard InChI is InChI=1S/C10H19NO.C10H21N.2CH4/c1-9(2)5-8(11-12)6-10(3,4)7-9;1-9(2)5-8(11)6-10(3,4)7-9;;/h12H,5-7H2,1-4H3;8H,5-7,11H2,1-4H3;2*1H4. The molecule has 2 fully saturated rings. The molecule has 0 aromatic carbocycles. The van der Waals surface area contributed by atoms with Gasteiger partial charge in [0, 0.05) is 6.04 Å². The zero-order valence-electron chi connectivity index (χ0n) is 16.8. The lowest BCUT2D eigenvalue weighted by atomic mass is 9.64. The molecule has 2 rings (SSSR count). The second-order valence-electron chi connectivity index (χ2n) is 11.2. The van der Waals surface area contributed by atoms with Crippen LogP contribution in [0.15, 0.2) is 5.16 Å². The maximum Gasteiger partial charge on any atom is 0.0581 e. The minimum Gasteiger partial charge on any atom is -0.411 e. The van der Waals surface area contributed by atoms with E-state index in [1.807, 2.05) is 0 Å². The van der Waals surface area contributed by atoms with Gasteiger partial charge in [-0.3, -0.25) is 0 Å². The van der Waals surface area contributed by atoms with E-state index < -0.39 is 0 Å². The third-order valence-electron chi connectivity index (χ3n) is 5.05. The first-order valence-corrected chi connectivity index (χ1v) is 9.11. The van der Waals surface area contributed by atoms with Gasteiger partial charge < -0.3 is 10.9 Å². The average molecular weight is 357 g/mol. The Kier molecular flexibility index (Phi) is 9.47. The van der Waals surface area contributed by atoms with E-state index in [0.717, 1.165) is 18.6 Å². The van der Waals surface area contributed by atoms with Crippen molar-refractivity contribution in [2.24, 2.45) is 32.5 Å². The van der Waals surface area contributed by atoms with Gasteiger partial charge in [-0.25, -0.2) is 0 Å². The van der Waals surface area contributed by atoms with E-state index in [-0.39, 0.29) is 14.9 Å². The number of oxime groups is 1. The summed E-state index contributed by atoms with van der Waals surface area (Å²) < 4.78 is 0. The maximum absolute atomic E-state index is 8.74. The summed E-state index contributed by atoms with van der Waals surface area (Å²) in [6.45, 7) is 18.2. The molecule has 0 amide bonds. The number of nitrogens with two attached hydrogens (primary N) is 1. The van der Waals surface area contributed by atoms with Crippen LogP contribution < -0.4 is 5.73 Å². The Morgan fingerprint density at radius 2 is 1.08 bits per heavy atom. The predicted octanol–water partition coefficient (Wildman–Crippen LogP) is 6.88. The minimum atomic E-state index is 0. The molecule has 25 heavy (non-hydrogen) atoms. The Morgan fingerprint density at radius 1 is 0.760 bits per heavy atom. The van der Waals surface area contributed by atoms with E-state index in [9.17, 15) is 0 Å². The van der Waals surface area contributed by atoms with Crippen molar-refractivity contribution in [2.45, 2.75) is 115 Å². The van der Waals surface area contributed by atoms with Crippen molar-refractivity contribution < 1.29 is 5.21 Å². The fraction of sp³-hybridized carbons (Fsp3) is 0.955. The molecule has 0 bridgehead atoms. The molecule has 152 valence electrons. The van der Waals surface area contributed by atoms with Crippen LogP contribution in [0.5, 0.6) is 0 Å². The average Bonchev–Trinajstić information content (AvgIpc) is 2.19. The second-order valence-corrected chi connectivity index (χ2v) is 11.2. The van der Waals surface area contributed by atoms with Gasteiger partial charge in [0.25, 0.3) is 0 Å². The number of rotatable bonds is 0. The van der Waals surface area contributed by atoms with Gasteiger partial charge in [-0.05, 0) is 60.2 Å². The van der Waals surface area contributed by atoms with E-state index in [1.165, 1.54) is 25.7 Å². The lowest BCUT2D eigenvalue weighted by Gasteiger charge is -2.43. The number of nitrogens with zero attached hydrogens (tertiary/aromatic N) is 1. The Balaban J connectivity index is 0. The predicted molar refractivity (Wildman–Crippen MR) is 113 cm³/mol. The normalized spacial score (nSPS) is 26.2. The van der Waals surface area contributed by atoms with Crippen molar-refractivity contribution in [3.05, 3.63) is 0 Å². The molecule has 0 unspecified atom stereocenters. The third-order valence-corrected chi connectivity index (χ3v) is 5.05. The molecule has 3 N–H and O–H groups in total. The van der Waals surface area contributed by atoms with Gasteiger partial charge in [-0.15, -0.1) is 0 Å². The van der Waals surface area contributed by atoms with Crippen LogP contribution in [0.25, 0.3) is 0 Å². The summed E-state index contributed by atoms with van der Waals surface area (Å²) in [5.41, 5.74) is 8.45. The van der Waals surface area contributed by atoms with Crippen LogP contribution in [0.4, 0.5) is 0 Å². The molecular weight excluding hydrogens is 308 g/mol. The first-order valence-electron chi connectivity index (χ1n) is 9.11. The quantitative estimate of drug-likeness (QED) is 0.367. The van der Waals surface area contributed by atoms with Crippen molar-refractivity contribution in [1.82, 2.24) is 0 Å². The molecule has 0 aromatic rings. The van der Waals surface area contributed by atoms with E-state index in [0.29, 0.717) is 27.7 Å². The topological polar surface area (TPSA) is 58.6 Å². The summed E-state index contributed by atoms with van der Waals surface area (Å²) in [7, 11) is 0. The van der Waals surface area contributed by atoms with Crippen molar-refractivity contribution in [1.29, 1.82) is 0 Å². The van der Waals surface area contributed by atoms with Crippen LogP contribution in [-0.2, 0) is 0 Å². The lowest BCUT2D eigenvalue weighted by molar-refractivity contribution is 0.0989. The van der Waals surface area contributed by atoms with Crippen LogP contribution in [0.2, 0.25) is 0 Å². The van der Waals surface area contributed by atoms with E-state index in [1.54, 1.807) is 0 Å². The molecule has 3 heteroatoms. The summed E-state index contributed by atoms with van der Waals surface area (Å²) in [4.78, 5) is 0. The monoisotopic (exact) mass is 356 g/mol. The molecule has 0 heterocycles. The molecule has 2 aliphatic rings. The molecule has 0 radical (unpaired) electrons. The van der Waals surface area contributed by atoms with Crippen molar-refractivity contribution >= 4 is 5.71 Å². The summed E-state index contributed by atoms with van der Waals surface area (Å²) in [6, 6.07) is 0.425. The van der Waals surface area contributed by atoms with Gasteiger partial charge in [0.05, 0.1) is 5.71 Å². The molecule has 0 atom stereocenters. The molecule has 0 aliphatic heterocycles. The highest BCUT2D eigenvalue weighted by Gasteiger charge is 2.37. The highest BCUT2D eigenvalue weighted by atomic mass is 16.4. The van der Waals surface area contributed by atoms with Gasteiger partial charge in [-0.1, -0.05) is 75.4 Å². The molecule has 2 aliphatic carbocycles. The molecule has 0 aromatic heterocycles. The highest BCUT2D eigenvalue weighted by Crippen LogP contribution is 2.45.